The maximum atomic E-state index is 12.5. The molecule has 0 aromatic carbocycles. The molecule has 1 aromatic heterocycles. The van der Waals surface area contributed by atoms with Gasteiger partial charge in [0.2, 0.25) is 5.91 Å². The Bertz CT molecular complexity index is 522. The normalized spacial score (nSPS) is 26.4. The van der Waals surface area contributed by atoms with Crippen LogP contribution in [-0.2, 0) is 4.79 Å². The van der Waals surface area contributed by atoms with E-state index in [-0.39, 0.29) is 17.4 Å². The van der Waals surface area contributed by atoms with Crippen molar-refractivity contribution in [2.24, 2.45) is 0 Å². The van der Waals surface area contributed by atoms with E-state index in [1.165, 1.54) is 12.5 Å². The molecule has 2 aliphatic rings. The van der Waals surface area contributed by atoms with E-state index in [4.69, 9.17) is 4.42 Å². The summed E-state index contributed by atoms with van der Waals surface area (Å²) in [7, 11) is 0. The van der Waals surface area contributed by atoms with Crippen molar-refractivity contribution >= 4 is 11.8 Å². The highest BCUT2D eigenvalue weighted by atomic mass is 16.3. The molecule has 1 spiro atoms. The first-order chi connectivity index (χ1) is 10.2. The van der Waals surface area contributed by atoms with E-state index in [1.807, 2.05) is 16.7 Å². The minimum atomic E-state index is -0.151. The Morgan fingerprint density at radius 3 is 2.90 bits per heavy atom. The van der Waals surface area contributed by atoms with Crippen molar-refractivity contribution in [1.82, 2.24) is 9.80 Å². The van der Waals surface area contributed by atoms with Crippen LogP contribution in [0.3, 0.4) is 0 Å². The van der Waals surface area contributed by atoms with Crippen LogP contribution in [0.15, 0.2) is 23.0 Å². The highest BCUT2D eigenvalue weighted by molar-refractivity contribution is 5.94. The van der Waals surface area contributed by atoms with Gasteiger partial charge in [0.25, 0.3) is 5.91 Å². The average Bonchev–Trinajstić information content (AvgIpc) is 3.01. The molecule has 2 fully saturated rings. The quantitative estimate of drug-likeness (QED) is 0.839. The van der Waals surface area contributed by atoms with Gasteiger partial charge in [-0.05, 0) is 38.7 Å². The highest BCUT2D eigenvalue weighted by Crippen LogP contribution is 2.36. The minimum absolute atomic E-state index is 0.0110. The molecule has 2 aliphatic heterocycles. The van der Waals surface area contributed by atoms with Crippen molar-refractivity contribution in [1.29, 1.82) is 0 Å². The summed E-state index contributed by atoms with van der Waals surface area (Å²) in [5.74, 6) is 0.248. The minimum Gasteiger partial charge on any atom is -0.472 e. The summed E-state index contributed by atoms with van der Waals surface area (Å²) < 4.78 is 5.01. The van der Waals surface area contributed by atoms with Gasteiger partial charge in [-0.3, -0.25) is 9.59 Å². The Hall–Kier alpha value is -1.78. The number of rotatable bonds is 2. The van der Waals surface area contributed by atoms with Gasteiger partial charge in [0.05, 0.1) is 17.4 Å². The van der Waals surface area contributed by atoms with Crippen LogP contribution in [0.4, 0.5) is 0 Å². The zero-order valence-electron chi connectivity index (χ0n) is 12.5. The van der Waals surface area contributed by atoms with Gasteiger partial charge in [-0.1, -0.05) is 0 Å². The molecule has 0 N–H and O–H groups in total. The third-order valence-electron chi connectivity index (χ3n) is 4.83. The lowest BCUT2D eigenvalue weighted by Gasteiger charge is -2.51. The molecule has 5 nitrogen and oxygen atoms in total. The van der Waals surface area contributed by atoms with Crippen LogP contribution in [0, 0.1) is 0 Å². The number of amides is 2. The summed E-state index contributed by atoms with van der Waals surface area (Å²) in [5.41, 5.74) is 0.444. The first-order valence-electron chi connectivity index (χ1n) is 7.78. The second-order valence-electron chi connectivity index (χ2n) is 6.06. The Balaban J connectivity index is 1.81. The second kappa shape index (κ2) is 5.54. The SMILES string of the molecule is CCN1C(=O)CCCC12CCCN(C(=O)c1ccoc1)C2. The summed E-state index contributed by atoms with van der Waals surface area (Å²) in [6.07, 6.45) is 7.55. The van der Waals surface area contributed by atoms with Crippen LogP contribution in [0.1, 0.15) is 49.4 Å². The van der Waals surface area contributed by atoms with Gasteiger partial charge >= 0.3 is 0 Å². The number of carbonyl (C=O) groups is 2. The monoisotopic (exact) mass is 290 g/mol. The molecule has 2 saturated heterocycles. The van der Waals surface area contributed by atoms with Crippen LogP contribution in [0.5, 0.6) is 0 Å². The molecule has 2 amide bonds. The molecule has 0 saturated carbocycles. The molecule has 21 heavy (non-hydrogen) atoms. The molecule has 114 valence electrons. The Morgan fingerprint density at radius 2 is 2.19 bits per heavy atom. The molecular weight excluding hydrogens is 268 g/mol. The standard InChI is InChI=1S/C16H22N2O3/c1-2-18-14(19)5-3-7-16(18)8-4-9-17(12-16)15(20)13-6-10-21-11-13/h6,10-11H,2-5,7-9,12H2,1H3. The van der Waals surface area contributed by atoms with Gasteiger partial charge in [0, 0.05) is 26.1 Å². The van der Waals surface area contributed by atoms with Crippen LogP contribution < -0.4 is 0 Å². The van der Waals surface area contributed by atoms with Gasteiger partial charge in [0.1, 0.15) is 6.26 Å². The van der Waals surface area contributed by atoms with Crippen LogP contribution in [0.2, 0.25) is 0 Å². The lowest BCUT2D eigenvalue weighted by atomic mass is 9.79. The molecule has 0 aliphatic carbocycles. The molecule has 0 bridgehead atoms. The fraction of sp³-hybridized carbons (Fsp3) is 0.625. The van der Waals surface area contributed by atoms with Crippen molar-refractivity contribution in [2.45, 2.75) is 44.6 Å². The van der Waals surface area contributed by atoms with Crippen LogP contribution in [0.25, 0.3) is 0 Å². The number of hydrogen-bond donors (Lipinski definition) is 0. The third-order valence-corrected chi connectivity index (χ3v) is 4.83. The lowest BCUT2D eigenvalue weighted by molar-refractivity contribution is -0.144. The molecule has 1 atom stereocenters. The van der Waals surface area contributed by atoms with E-state index >= 15 is 0 Å². The number of furan rings is 1. The number of carbonyl (C=O) groups excluding carboxylic acids is 2. The van der Waals surface area contributed by atoms with Crippen molar-refractivity contribution in [3.05, 3.63) is 24.2 Å². The summed E-state index contributed by atoms with van der Waals surface area (Å²) in [4.78, 5) is 28.6. The van der Waals surface area contributed by atoms with Crippen molar-refractivity contribution in [2.75, 3.05) is 19.6 Å². The van der Waals surface area contributed by atoms with Gasteiger partial charge in [-0.15, -0.1) is 0 Å². The Kier molecular flexibility index (Phi) is 3.74. The van der Waals surface area contributed by atoms with Crippen molar-refractivity contribution in [3.8, 4) is 0 Å². The van der Waals surface area contributed by atoms with Gasteiger partial charge in [-0.25, -0.2) is 0 Å². The topological polar surface area (TPSA) is 53.8 Å². The fourth-order valence-electron chi connectivity index (χ4n) is 3.89. The van der Waals surface area contributed by atoms with Gasteiger partial charge in [0.15, 0.2) is 0 Å². The number of likely N-dealkylation sites (tertiary alicyclic amines) is 2. The van der Waals surface area contributed by atoms with E-state index in [1.54, 1.807) is 6.07 Å². The maximum Gasteiger partial charge on any atom is 0.257 e. The summed E-state index contributed by atoms with van der Waals surface area (Å²) in [6.45, 7) is 4.17. The Morgan fingerprint density at radius 1 is 1.38 bits per heavy atom. The molecule has 0 radical (unpaired) electrons. The number of nitrogens with zero attached hydrogens (tertiary/aromatic N) is 2. The fourth-order valence-corrected chi connectivity index (χ4v) is 3.89. The number of piperidine rings is 2. The first kappa shape index (κ1) is 14.2. The van der Waals surface area contributed by atoms with E-state index in [0.717, 1.165) is 38.8 Å². The zero-order valence-corrected chi connectivity index (χ0v) is 12.5. The smallest absolute Gasteiger partial charge is 0.257 e. The summed E-state index contributed by atoms with van der Waals surface area (Å²) >= 11 is 0. The first-order valence-corrected chi connectivity index (χ1v) is 7.78. The molecule has 3 rings (SSSR count). The van der Waals surface area contributed by atoms with Crippen LogP contribution >= 0.6 is 0 Å². The molecule has 5 heteroatoms. The van der Waals surface area contributed by atoms with Crippen molar-refractivity contribution in [3.63, 3.8) is 0 Å². The zero-order chi connectivity index (χ0) is 14.9. The number of hydrogen-bond acceptors (Lipinski definition) is 3. The van der Waals surface area contributed by atoms with Gasteiger partial charge in [-0.2, -0.15) is 0 Å². The Labute approximate surface area is 124 Å². The van der Waals surface area contributed by atoms with E-state index in [0.29, 0.717) is 18.5 Å². The van der Waals surface area contributed by atoms with E-state index in [9.17, 15) is 9.59 Å². The summed E-state index contributed by atoms with van der Waals surface area (Å²) in [6, 6.07) is 1.70. The molecule has 1 unspecified atom stereocenters. The predicted molar refractivity (Wildman–Crippen MR) is 77.8 cm³/mol. The van der Waals surface area contributed by atoms with Crippen molar-refractivity contribution < 1.29 is 14.0 Å². The molecule has 1 aromatic rings. The second-order valence-corrected chi connectivity index (χ2v) is 6.06. The largest absolute Gasteiger partial charge is 0.472 e. The highest BCUT2D eigenvalue weighted by Gasteiger charge is 2.45. The van der Waals surface area contributed by atoms with E-state index in [2.05, 4.69) is 0 Å². The predicted octanol–water partition coefficient (Wildman–Crippen LogP) is 2.29. The molecule has 3 heterocycles. The number of likely N-dealkylation sites (N-methyl/N-ethyl adjacent to an activating group) is 1. The average molecular weight is 290 g/mol. The molecular formula is C16H22N2O3. The third kappa shape index (κ3) is 2.45. The van der Waals surface area contributed by atoms with Gasteiger partial charge < -0.3 is 14.2 Å². The van der Waals surface area contributed by atoms with E-state index < -0.39 is 0 Å². The van der Waals surface area contributed by atoms with Crippen LogP contribution in [-0.4, -0.2) is 46.8 Å². The summed E-state index contributed by atoms with van der Waals surface area (Å²) in [5, 5.41) is 0. The maximum absolute atomic E-state index is 12.5. The lowest BCUT2D eigenvalue weighted by Crippen LogP contribution is -2.63.